The molecular formula is C10H9F3O2S. The number of hydrogen-bond acceptors (Lipinski definition) is 3. The Morgan fingerprint density at radius 2 is 1.88 bits per heavy atom. The van der Waals surface area contributed by atoms with Crippen LogP contribution in [0.15, 0.2) is 29.2 Å². The van der Waals surface area contributed by atoms with Crippen molar-refractivity contribution >= 4 is 17.7 Å². The molecule has 0 amide bonds. The molecule has 88 valence electrons. The smallest absolute Gasteiger partial charge is 0.446 e. The van der Waals surface area contributed by atoms with Crippen LogP contribution in [-0.2, 0) is 16.0 Å². The Balaban J connectivity index is 2.64. The number of carbonyl (C=O) groups is 1. The van der Waals surface area contributed by atoms with Crippen LogP contribution < -0.4 is 0 Å². The van der Waals surface area contributed by atoms with E-state index in [0.717, 1.165) is 0 Å². The summed E-state index contributed by atoms with van der Waals surface area (Å²) in [5.74, 6) is -0.420. The van der Waals surface area contributed by atoms with Gasteiger partial charge < -0.3 is 4.74 Å². The van der Waals surface area contributed by atoms with Gasteiger partial charge in [-0.15, -0.1) is 0 Å². The van der Waals surface area contributed by atoms with Crippen LogP contribution in [0.2, 0.25) is 0 Å². The van der Waals surface area contributed by atoms with Crippen molar-refractivity contribution < 1.29 is 22.7 Å². The first-order valence-corrected chi connectivity index (χ1v) is 5.14. The maximum Gasteiger partial charge on any atom is 0.446 e. The molecular weight excluding hydrogens is 241 g/mol. The largest absolute Gasteiger partial charge is 0.469 e. The Bertz CT molecular complexity index is 359. The number of hydrogen-bond donors (Lipinski definition) is 0. The van der Waals surface area contributed by atoms with Gasteiger partial charge >= 0.3 is 11.5 Å². The van der Waals surface area contributed by atoms with Crippen molar-refractivity contribution in [3.05, 3.63) is 29.8 Å². The van der Waals surface area contributed by atoms with Gasteiger partial charge in [0.2, 0.25) is 0 Å². The molecule has 0 aliphatic rings. The van der Waals surface area contributed by atoms with E-state index in [4.69, 9.17) is 0 Å². The zero-order chi connectivity index (χ0) is 12.2. The molecule has 0 saturated carbocycles. The molecule has 0 radical (unpaired) electrons. The maximum atomic E-state index is 12.0. The normalized spacial score (nSPS) is 11.2. The highest BCUT2D eigenvalue weighted by atomic mass is 32.2. The number of methoxy groups -OCH3 is 1. The highest BCUT2D eigenvalue weighted by molar-refractivity contribution is 8.00. The monoisotopic (exact) mass is 250 g/mol. The minimum absolute atomic E-state index is 0.0630. The quantitative estimate of drug-likeness (QED) is 0.609. The van der Waals surface area contributed by atoms with E-state index in [2.05, 4.69) is 4.74 Å². The molecule has 1 aromatic rings. The van der Waals surface area contributed by atoms with Crippen LogP contribution in [0.3, 0.4) is 0 Å². The first-order chi connectivity index (χ1) is 7.40. The van der Waals surface area contributed by atoms with Crippen molar-refractivity contribution in [1.82, 2.24) is 0 Å². The summed E-state index contributed by atoms with van der Waals surface area (Å²) in [5.41, 5.74) is -3.66. The topological polar surface area (TPSA) is 26.3 Å². The van der Waals surface area contributed by atoms with Gasteiger partial charge in [-0.3, -0.25) is 4.79 Å². The molecule has 0 bridgehead atoms. The Morgan fingerprint density at radius 3 is 2.31 bits per heavy atom. The van der Waals surface area contributed by atoms with E-state index >= 15 is 0 Å². The Kier molecular flexibility index (Phi) is 4.23. The van der Waals surface area contributed by atoms with Crippen molar-refractivity contribution in [2.45, 2.75) is 16.8 Å². The first-order valence-electron chi connectivity index (χ1n) is 4.32. The fourth-order valence-corrected chi connectivity index (χ4v) is 1.59. The van der Waals surface area contributed by atoms with Crippen LogP contribution in [0.1, 0.15) is 5.56 Å². The number of esters is 1. The van der Waals surface area contributed by atoms with Crippen LogP contribution in [0.5, 0.6) is 0 Å². The van der Waals surface area contributed by atoms with Crippen LogP contribution in [0, 0.1) is 0 Å². The van der Waals surface area contributed by atoms with Gasteiger partial charge in [0, 0.05) is 4.90 Å². The molecule has 2 nitrogen and oxygen atoms in total. The summed E-state index contributed by atoms with van der Waals surface area (Å²) in [7, 11) is 1.26. The standard InChI is InChI=1S/C10H9F3O2S/c1-15-9(14)6-7-2-4-8(5-3-7)16-10(11,12)13/h2-5H,6H2,1H3. The first kappa shape index (κ1) is 12.9. The van der Waals surface area contributed by atoms with E-state index in [9.17, 15) is 18.0 Å². The van der Waals surface area contributed by atoms with Crippen LogP contribution in [-0.4, -0.2) is 18.6 Å². The number of rotatable bonds is 3. The SMILES string of the molecule is COC(=O)Cc1ccc(SC(F)(F)F)cc1. The predicted octanol–water partition coefficient (Wildman–Crippen LogP) is 3.01. The molecule has 1 rings (SSSR count). The number of thioether (sulfide) groups is 1. The zero-order valence-corrected chi connectivity index (χ0v) is 9.19. The second kappa shape index (κ2) is 5.25. The fraction of sp³-hybridized carbons (Fsp3) is 0.300. The maximum absolute atomic E-state index is 12.0. The lowest BCUT2D eigenvalue weighted by Gasteiger charge is -2.06. The van der Waals surface area contributed by atoms with Gasteiger partial charge in [-0.2, -0.15) is 13.2 Å². The van der Waals surface area contributed by atoms with Gasteiger partial charge in [0.1, 0.15) is 0 Å². The van der Waals surface area contributed by atoms with Crippen LogP contribution >= 0.6 is 11.8 Å². The van der Waals surface area contributed by atoms with Gasteiger partial charge in [0.15, 0.2) is 0 Å². The molecule has 0 aliphatic heterocycles. The molecule has 0 saturated heterocycles. The van der Waals surface area contributed by atoms with Crippen molar-refractivity contribution in [3.63, 3.8) is 0 Å². The lowest BCUT2D eigenvalue weighted by Crippen LogP contribution is -2.04. The number of benzene rings is 1. The lowest BCUT2D eigenvalue weighted by molar-refractivity contribution is -0.139. The van der Waals surface area contributed by atoms with Gasteiger partial charge in [-0.1, -0.05) is 12.1 Å². The summed E-state index contributed by atoms with van der Waals surface area (Å²) in [5, 5.41) is 0. The molecule has 0 heterocycles. The fourth-order valence-electron chi connectivity index (χ4n) is 1.05. The van der Waals surface area contributed by atoms with Crippen molar-refractivity contribution in [2.24, 2.45) is 0 Å². The van der Waals surface area contributed by atoms with Gasteiger partial charge in [-0.25, -0.2) is 0 Å². The van der Waals surface area contributed by atoms with Gasteiger partial charge in [0.25, 0.3) is 0 Å². The Morgan fingerprint density at radius 1 is 1.31 bits per heavy atom. The second-order valence-corrected chi connectivity index (χ2v) is 4.08. The molecule has 16 heavy (non-hydrogen) atoms. The molecule has 0 atom stereocenters. The third-order valence-electron chi connectivity index (χ3n) is 1.73. The summed E-state index contributed by atoms with van der Waals surface area (Å²) in [6.45, 7) is 0. The van der Waals surface area contributed by atoms with Gasteiger partial charge in [0.05, 0.1) is 13.5 Å². The second-order valence-electron chi connectivity index (χ2n) is 2.94. The number of carbonyl (C=O) groups excluding carboxylic acids is 1. The van der Waals surface area contributed by atoms with E-state index < -0.39 is 11.5 Å². The Labute approximate surface area is 94.8 Å². The molecule has 0 spiro atoms. The van der Waals surface area contributed by atoms with Crippen LogP contribution in [0.25, 0.3) is 0 Å². The minimum atomic E-state index is -4.29. The van der Waals surface area contributed by atoms with Gasteiger partial charge in [-0.05, 0) is 29.5 Å². The third kappa shape index (κ3) is 4.57. The summed E-state index contributed by atoms with van der Waals surface area (Å²) in [6, 6.07) is 5.61. The van der Waals surface area contributed by atoms with Crippen molar-refractivity contribution in [1.29, 1.82) is 0 Å². The molecule has 0 aliphatic carbocycles. The summed E-state index contributed by atoms with van der Waals surface area (Å²) >= 11 is -0.182. The number of ether oxygens (including phenoxy) is 1. The van der Waals surface area contributed by atoms with Crippen LogP contribution in [0.4, 0.5) is 13.2 Å². The third-order valence-corrected chi connectivity index (χ3v) is 2.47. The number of halogens is 3. The van der Waals surface area contributed by atoms with E-state index in [0.29, 0.717) is 5.56 Å². The zero-order valence-electron chi connectivity index (χ0n) is 8.38. The highest BCUT2D eigenvalue weighted by Gasteiger charge is 2.28. The number of alkyl halides is 3. The molecule has 0 unspecified atom stereocenters. The average Bonchev–Trinajstić information content (AvgIpc) is 2.18. The summed E-state index contributed by atoms with van der Waals surface area (Å²) in [6.07, 6.45) is 0.0630. The van der Waals surface area contributed by atoms with E-state index in [1.807, 2.05) is 0 Å². The molecule has 0 aromatic heterocycles. The van der Waals surface area contributed by atoms with E-state index in [1.165, 1.54) is 31.4 Å². The summed E-state index contributed by atoms with van der Waals surface area (Å²) in [4.78, 5) is 11.0. The lowest BCUT2D eigenvalue weighted by atomic mass is 10.2. The highest BCUT2D eigenvalue weighted by Crippen LogP contribution is 2.36. The van der Waals surface area contributed by atoms with Crippen molar-refractivity contribution in [2.75, 3.05) is 7.11 Å². The summed E-state index contributed by atoms with van der Waals surface area (Å²) < 4.78 is 40.4. The average molecular weight is 250 g/mol. The molecule has 0 N–H and O–H groups in total. The molecule has 0 fully saturated rings. The van der Waals surface area contributed by atoms with E-state index in [-0.39, 0.29) is 23.1 Å². The minimum Gasteiger partial charge on any atom is -0.469 e. The molecule has 1 aromatic carbocycles. The van der Waals surface area contributed by atoms with Crippen molar-refractivity contribution in [3.8, 4) is 0 Å². The van der Waals surface area contributed by atoms with E-state index in [1.54, 1.807) is 0 Å². The Hall–Kier alpha value is -1.17. The molecule has 6 heteroatoms. The predicted molar refractivity (Wildman–Crippen MR) is 54.1 cm³/mol.